The molecule has 0 radical (unpaired) electrons. The van der Waals surface area contributed by atoms with Gasteiger partial charge in [-0.05, 0) is 104 Å². The van der Waals surface area contributed by atoms with E-state index in [1.165, 1.54) is 52.8 Å². The van der Waals surface area contributed by atoms with Crippen LogP contribution in [0.4, 0.5) is 17.1 Å². The highest BCUT2D eigenvalue weighted by molar-refractivity contribution is 8.00. The molecule has 0 amide bonds. The predicted molar refractivity (Wildman–Crippen MR) is 220 cm³/mol. The maximum atomic E-state index is 6.66. The summed E-state index contributed by atoms with van der Waals surface area (Å²) >= 11 is 1.89. The average Bonchev–Trinajstić information content (AvgIpc) is 3.22. The number of benzene rings is 8. The van der Waals surface area contributed by atoms with Crippen LogP contribution in [0, 0.1) is 0 Å². The largest absolute Gasteiger partial charge is 0.458 e. The highest BCUT2D eigenvalue weighted by atomic mass is 32.2. The predicted octanol–water partition coefficient (Wildman–Crippen LogP) is 10.4. The van der Waals surface area contributed by atoms with Gasteiger partial charge in [-0.25, -0.2) is 0 Å². The second-order valence-electron chi connectivity index (χ2n) is 13.3. The van der Waals surface area contributed by atoms with Crippen molar-refractivity contribution in [1.82, 2.24) is 0 Å². The SMILES string of the molecule is c1ccc(-c2ccc(N(c3ccc(-c4ccccc4)cc3)c3ccc4c(c3)[Si]3(c5ccccc5Oc5ccccc53)c3ccccc3S4)cc2)cc1. The lowest BCUT2D eigenvalue weighted by atomic mass is 10.0. The molecule has 0 aromatic heterocycles. The van der Waals surface area contributed by atoms with Gasteiger partial charge < -0.3 is 9.64 Å². The molecule has 8 aromatic rings. The Labute approximate surface area is 309 Å². The fourth-order valence-corrected chi connectivity index (χ4v) is 15.2. The van der Waals surface area contributed by atoms with Crippen molar-refractivity contribution in [1.29, 1.82) is 0 Å². The van der Waals surface area contributed by atoms with E-state index >= 15 is 0 Å². The zero-order valence-electron chi connectivity index (χ0n) is 28.3. The Morgan fingerprint density at radius 3 is 1.33 bits per heavy atom. The quantitative estimate of drug-likeness (QED) is 0.166. The molecule has 10 rings (SSSR count). The number of nitrogens with zero attached hydrogens (tertiary/aromatic N) is 1. The van der Waals surface area contributed by atoms with E-state index in [2.05, 4.69) is 205 Å². The molecule has 1 spiro atoms. The topological polar surface area (TPSA) is 12.5 Å². The first kappa shape index (κ1) is 30.7. The van der Waals surface area contributed by atoms with E-state index < -0.39 is 8.07 Å². The molecule has 0 N–H and O–H groups in total. The van der Waals surface area contributed by atoms with Crippen molar-refractivity contribution in [3.8, 4) is 33.8 Å². The normalized spacial score (nSPS) is 13.2. The van der Waals surface area contributed by atoms with Crippen LogP contribution in [-0.2, 0) is 0 Å². The molecule has 2 heterocycles. The van der Waals surface area contributed by atoms with Crippen molar-refractivity contribution < 1.29 is 4.74 Å². The van der Waals surface area contributed by atoms with E-state index in [4.69, 9.17) is 4.74 Å². The van der Waals surface area contributed by atoms with Crippen LogP contribution in [0.15, 0.2) is 210 Å². The molecule has 52 heavy (non-hydrogen) atoms. The van der Waals surface area contributed by atoms with Crippen molar-refractivity contribution in [2.24, 2.45) is 0 Å². The van der Waals surface area contributed by atoms with Gasteiger partial charge >= 0.3 is 0 Å². The van der Waals surface area contributed by atoms with Gasteiger partial charge in [0, 0.05) is 26.9 Å². The first-order valence-corrected chi connectivity index (χ1v) is 20.5. The van der Waals surface area contributed by atoms with Gasteiger partial charge in [0.2, 0.25) is 0 Å². The molecule has 0 saturated heterocycles. The zero-order valence-corrected chi connectivity index (χ0v) is 30.1. The zero-order chi connectivity index (χ0) is 34.5. The number of ether oxygens (including phenoxy) is 1. The number of hydrogen-bond acceptors (Lipinski definition) is 3. The summed E-state index contributed by atoms with van der Waals surface area (Å²) in [5.41, 5.74) is 8.17. The average molecular weight is 700 g/mol. The lowest BCUT2D eigenvalue weighted by molar-refractivity contribution is 0.487. The molecule has 8 aromatic carbocycles. The van der Waals surface area contributed by atoms with E-state index in [1.807, 2.05) is 11.8 Å². The molecular formula is C48H33NOSSi. The number of anilines is 3. The molecule has 4 heteroatoms. The van der Waals surface area contributed by atoms with E-state index in [0.29, 0.717) is 0 Å². The molecule has 2 aliphatic heterocycles. The minimum atomic E-state index is -2.81. The Balaban J connectivity index is 1.20. The van der Waals surface area contributed by atoms with Gasteiger partial charge in [0.15, 0.2) is 8.07 Å². The summed E-state index contributed by atoms with van der Waals surface area (Å²) in [5.74, 6) is 1.91. The maximum absolute atomic E-state index is 6.66. The summed E-state index contributed by atoms with van der Waals surface area (Å²) in [6, 6.07) is 72.8. The van der Waals surface area contributed by atoms with Crippen LogP contribution in [0.2, 0.25) is 0 Å². The second kappa shape index (κ2) is 12.6. The third kappa shape index (κ3) is 4.95. The third-order valence-corrected chi connectivity index (χ3v) is 16.8. The fourth-order valence-electron chi connectivity index (χ4n) is 8.06. The molecule has 2 aliphatic rings. The van der Waals surface area contributed by atoms with Gasteiger partial charge in [-0.2, -0.15) is 0 Å². The molecular weight excluding hydrogens is 667 g/mol. The van der Waals surface area contributed by atoms with Crippen LogP contribution in [-0.4, -0.2) is 8.07 Å². The summed E-state index contributed by atoms with van der Waals surface area (Å²) in [7, 11) is -2.81. The van der Waals surface area contributed by atoms with Crippen molar-refractivity contribution in [3.63, 3.8) is 0 Å². The first-order valence-electron chi connectivity index (χ1n) is 17.7. The number of fused-ring (bicyclic) bond motifs is 8. The van der Waals surface area contributed by atoms with Crippen LogP contribution in [0.1, 0.15) is 0 Å². The van der Waals surface area contributed by atoms with Crippen molar-refractivity contribution in [2.45, 2.75) is 9.79 Å². The van der Waals surface area contributed by atoms with E-state index in [9.17, 15) is 0 Å². The molecule has 246 valence electrons. The van der Waals surface area contributed by atoms with Gasteiger partial charge in [-0.15, -0.1) is 0 Å². The summed E-state index contributed by atoms with van der Waals surface area (Å²) in [6.45, 7) is 0. The molecule has 0 atom stereocenters. The Bertz CT molecular complexity index is 2380. The van der Waals surface area contributed by atoms with Crippen LogP contribution >= 0.6 is 11.8 Å². The van der Waals surface area contributed by atoms with Gasteiger partial charge in [0.05, 0.1) is 0 Å². The lowest BCUT2D eigenvalue weighted by Crippen LogP contribution is -2.77. The molecule has 0 saturated carbocycles. The van der Waals surface area contributed by atoms with Crippen LogP contribution in [0.3, 0.4) is 0 Å². The summed E-state index contributed by atoms with van der Waals surface area (Å²) in [4.78, 5) is 5.04. The molecule has 0 fully saturated rings. The lowest BCUT2D eigenvalue weighted by Gasteiger charge is -2.43. The molecule has 0 bridgehead atoms. The Kier molecular flexibility index (Phi) is 7.45. The van der Waals surface area contributed by atoms with Crippen molar-refractivity contribution in [3.05, 3.63) is 200 Å². The fraction of sp³-hybridized carbons (Fsp3) is 0. The van der Waals surface area contributed by atoms with E-state index in [1.54, 1.807) is 0 Å². The Morgan fingerprint density at radius 2 is 0.769 bits per heavy atom. The Morgan fingerprint density at radius 1 is 0.346 bits per heavy atom. The maximum Gasteiger partial charge on any atom is 0.190 e. The molecule has 0 aliphatic carbocycles. The minimum Gasteiger partial charge on any atom is -0.458 e. The second-order valence-corrected chi connectivity index (χ2v) is 18.0. The number of para-hydroxylation sites is 2. The van der Waals surface area contributed by atoms with Gasteiger partial charge in [-0.3, -0.25) is 0 Å². The summed E-state index contributed by atoms with van der Waals surface area (Å²) < 4.78 is 6.66. The standard InChI is InChI=1S/C48H33NOSSi/c1-3-13-34(14-4-1)36-23-27-38(28-24-36)49(39-29-25-37(26-30-39)35-15-5-2-6-16-35)40-31-32-44-48(33-40)52(47-22-12-9-19-43(47)51-44)45-20-10-7-17-41(45)50-42-18-8-11-21-46(42)52/h1-33H. The summed E-state index contributed by atoms with van der Waals surface area (Å²) in [5, 5.41) is 5.40. The van der Waals surface area contributed by atoms with Gasteiger partial charge in [0.1, 0.15) is 11.5 Å². The van der Waals surface area contributed by atoms with E-state index in [-0.39, 0.29) is 0 Å². The number of rotatable bonds is 5. The summed E-state index contributed by atoms with van der Waals surface area (Å²) in [6.07, 6.45) is 0. The smallest absolute Gasteiger partial charge is 0.190 e. The van der Waals surface area contributed by atoms with Crippen molar-refractivity contribution >= 4 is 57.6 Å². The number of hydrogen-bond donors (Lipinski definition) is 0. The first-order chi connectivity index (χ1) is 25.8. The van der Waals surface area contributed by atoms with Crippen LogP contribution < -0.4 is 30.4 Å². The minimum absolute atomic E-state index is 0.954. The Hall–Kier alpha value is -6.07. The molecule has 2 nitrogen and oxygen atoms in total. The highest BCUT2D eigenvalue weighted by Crippen LogP contribution is 2.42. The molecule has 0 unspecified atom stereocenters. The van der Waals surface area contributed by atoms with Crippen LogP contribution in [0.5, 0.6) is 11.5 Å². The van der Waals surface area contributed by atoms with Gasteiger partial charge in [-0.1, -0.05) is 151 Å². The third-order valence-electron chi connectivity index (χ3n) is 10.4. The monoisotopic (exact) mass is 699 g/mol. The van der Waals surface area contributed by atoms with E-state index in [0.717, 1.165) is 28.6 Å². The van der Waals surface area contributed by atoms with Gasteiger partial charge in [0.25, 0.3) is 0 Å². The van der Waals surface area contributed by atoms with Crippen LogP contribution in [0.25, 0.3) is 22.3 Å². The van der Waals surface area contributed by atoms with Crippen molar-refractivity contribution in [2.75, 3.05) is 4.90 Å². The highest BCUT2D eigenvalue weighted by Gasteiger charge is 2.52.